The third-order valence-electron chi connectivity index (χ3n) is 4.77. The highest BCUT2D eigenvalue weighted by molar-refractivity contribution is 5.86. The second-order valence-corrected chi connectivity index (χ2v) is 8.32. The van der Waals surface area contributed by atoms with Crippen molar-refractivity contribution in [2.75, 3.05) is 47.0 Å². The molecule has 1 unspecified atom stereocenters. The molecule has 31 heavy (non-hydrogen) atoms. The summed E-state index contributed by atoms with van der Waals surface area (Å²) in [4.78, 5) is 40.2. The van der Waals surface area contributed by atoms with Crippen LogP contribution in [0.25, 0.3) is 0 Å². The number of urea groups is 1. The number of carbonyl (C=O) groups excluding carboxylic acids is 3. The molecule has 1 fully saturated rings. The van der Waals surface area contributed by atoms with Gasteiger partial charge in [-0.25, -0.2) is 14.4 Å². The second-order valence-electron chi connectivity index (χ2n) is 8.32. The molecule has 1 aliphatic heterocycles. The quantitative estimate of drug-likeness (QED) is 0.639. The van der Waals surface area contributed by atoms with E-state index in [1.54, 1.807) is 17.0 Å². The van der Waals surface area contributed by atoms with Crippen molar-refractivity contribution in [2.45, 2.75) is 45.4 Å². The standard InChI is InChI=1S/C21H33N3O7/c1-21(2,3)30-14-16(18(25)28-4)22-20(27)24-10-6-9-23(11-12-24)13-15-7-8-17(31-15)19(26)29-5/h7-8,16H,6,9-14H2,1-5H3,(H,22,27). The zero-order valence-electron chi connectivity index (χ0n) is 18.9. The summed E-state index contributed by atoms with van der Waals surface area (Å²) in [5.41, 5.74) is -0.445. The van der Waals surface area contributed by atoms with Gasteiger partial charge < -0.3 is 28.8 Å². The zero-order valence-corrected chi connectivity index (χ0v) is 18.9. The van der Waals surface area contributed by atoms with Gasteiger partial charge in [-0.15, -0.1) is 0 Å². The van der Waals surface area contributed by atoms with Gasteiger partial charge in [-0.3, -0.25) is 4.90 Å². The maximum Gasteiger partial charge on any atom is 0.373 e. The van der Waals surface area contributed by atoms with Gasteiger partial charge in [-0.05, 0) is 39.3 Å². The molecule has 0 saturated carbocycles. The number of amides is 2. The number of hydrogen-bond acceptors (Lipinski definition) is 8. The van der Waals surface area contributed by atoms with Crippen LogP contribution in [0.3, 0.4) is 0 Å². The third-order valence-corrected chi connectivity index (χ3v) is 4.77. The van der Waals surface area contributed by atoms with E-state index in [0.29, 0.717) is 31.9 Å². The van der Waals surface area contributed by atoms with E-state index in [4.69, 9.17) is 13.9 Å². The molecule has 1 N–H and O–H groups in total. The Hall–Kier alpha value is -2.59. The van der Waals surface area contributed by atoms with Crippen molar-refractivity contribution >= 4 is 18.0 Å². The van der Waals surface area contributed by atoms with Crippen LogP contribution in [-0.2, 0) is 25.5 Å². The Bertz CT molecular complexity index is 756. The molecule has 0 aliphatic carbocycles. The molecule has 2 amide bonds. The Balaban J connectivity index is 1.89. The molecule has 1 saturated heterocycles. The minimum Gasteiger partial charge on any atom is -0.467 e. The van der Waals surface area contributed by atoms with Crippen molar-refractivity contribution in [3.63, 3.8) is 0 Å². The van der Waals surface area contributed by atoms with Crippen LogP contribution in [0.15, 0.2) is 16.5 Å². The molecule has 0 spiro atoms. The Kier molecular flexibility index (Phi) is 8.88. The number of carbonyl (C=O) groups is 3. The van der Waals surface area contributed by atoms with Gasteiger partial charge in [0, 0.05) is 26.2 Å². The highest BCUT2D eigenvalue weighted by atomic mass is 16.5. The molecular weight excluding hydrogens is 406 g/mol. The predicted molar refractivity (Wildman–Crippen MR) is 112 cm³/mol. The van der Waals surface area contributed by atoms with Crippen LogP contribution in [0.2, 0.25) is 0 Å². The van der Waals surface area contributed by atoms with E-state index < -0.39 is 23.6 Å². The number of nitrogens with one attached hydrogen (secondary N) is 1. The second kappa shape index (κ2) is 11.1. The van der Waals surface area contributed by atoms with Gasteiger partial charge in [-0.1, -0.05) is 0 Å². The fourth-order valence-electron chi connectivity index (χ4n) is 3.11. The molecule has 1 aromatic rings. The first-order valence-electron chi connectivity index (χ1n) is 10.3. The first-order valence-corrected chi connectivity index (χ1v) is 10.3. The summed E-state index contributed by atoms with van der Waals surface area (Å²) < 4.78 is 20.6. The topological polar surface area (TPSA) is 111 Å². The van der Waals surface area contributed by atoms with E-state index in [2.05, 4.69) is 15.0 Å². The van der Waals surface area contributed by atoms with Gasteiger partial charge in [0.05, 0.1) is 33.0 Å². The lowest BCUT2D eigenvalue weighted by atomic mass is 10.2. The van der Waals surface area contributed by atoms with Gasteiger partial charge in [0.15, 0.2) is 6.04 Å². The van der Waals surface area contributed by atoms with Crippen LogP contribution >= 0.6 is 0 Å². The lowest BCUT2D eigenvalue weighted by molar-refractivity contribution is -0.146. The molecular formula is C21H33N3O7. The largest absolute Gasteiger partial charge is 0.467 e. The van der Waals surface area contributed by atoms with E-state index in [1.807, 2.05) is 20.8 Å². The Labute approximate surface area is 182 Å². The third kappa shape index (κ3) is 7.87. The fraction of sp³-hybridized carbons (Fsp3) is 0.667. The average molecular weight is 440 g/mol. The summed E-state index contributed by atoms with van der Waals surface area (Å²) in [6.07, 6.45) is 0.763. The molecule has 0 radical (unpaired) electrons. The highest BCUT2D eigenvalue weighted by Crippen LogP contribution is 2.14. The number of rotatable bonds is 7. The molecule has 174 valence electrons. The van der Waals surface area contributed by atoms with E-state index in [-0.39, 0.29) is 18.4 Å². The normalized spacial score (nSPS) is 16.4. The SMILES string of the molecule is COC(=O)c1ccc(CN2CCCN(C(=O)NC(COC(C)(C)C)C(=O)OC)CC2)o1. The van der Waals surface area contributed by atoms with Crippen LogP contribution in [0.5, 0.6) is 0 Å². The smallest absolute Gasteiger partial charge is 0.373 e. The van der Waals surface area contributed by atoms with E-state index in [1.165, 1.54) is 14.2 Å². The van der Waals surface area contributed by atoms with Crippen LogP contribution in [0.1, 0.15) is 43.5 Å². The summed E-state index contributed by atoms with van der Waals surface area (Å²) in [6, 6.07) is 2.13. The number of hydrogen-bond donors (Lipinski definition) is 1. The predicted octanol–water partition coefficient (Wildman–Crippen LogP) is 1.64. The number of nitrogens with zero attached hydrogens (tertiary/aromatic N) is 2. The molecule has 1 aromatic heterocycles. The fourth-order valence-corrected chi connectivity index (χ4v) is 3.11. The number of furan rings is 1. The van der Waals surface area contributed by atoms with Gasteiger partial charge in [0.1, 0.15) is 5.76 Å². The number of methoxy groups -OCH3 is 2. The maximum absolute atomic E-state index is 12.7. The molecule has 10 nitrogen and oxygen atoms in total. The molecule has 0 bridgehead atoms. The Morgan fingerprint density at radius 3 is 2.48 bits per heavy atom. The van der Waals surface area contributed by atoms with Crippen molar-refractivity contribution in [3.05, 3.63) is 23.7 Å². The summed E-state index contributed by atoms with van der Waals surface area (Å²) in [6.45, 7) is 8.62. The first-order chi connectivity index (χ1) is 14.6. The maximum atomic E-state index is 12.7. The van der Waals surface area contributed by atoms with Crippen molar-refractivity contribution in [2.24, 2.45) is 0 Å². The number of ether oxygens (including phenoxy) is 3. The van der Waals surface area contributed by atoms with Crippen molar-refractivity contribution < 1.29 is 33.0 Å². The van der Waals surface area contributed by atoms with Crippen molar-refractivity contribution in [1.82, 2.24) is 15.1 Å². The van der Waals surface area contributed by atoms with E-state index >= 15 is 0 Å². The van der Waals surface area contributed by atoms with Gasteiger partial charge in [0.25, 0.3) is 0 Å². The van der Waals surface area contributed by atoms with Gasteiger partial charge >= 0.3 is 18.0 Å². The zero-order chi connectivity index (χ0) is 23.0. The molecule has 1 aliphatic rings. The minimum atomic E-state index is -0.879. The molecule has 10 heteroatoms. The lowest BCUT2D eigenvalue weighted by Gasteiger charge is -2.27. The lowest BCUT2D eigenvalue weighted by Crippen LogP contribution is -2.51. The molecule has 1 atom stereocenters. The van der Waals surface area contributed by atoms with Gasteiger partial charge in [0.2, 0.25) is 5.76 Å². The molecule has 2 heterocycles. The van der Waals surface area contributed by atoms with Crippen LogP contribution < -0.4 is 5.32 Å². The highest BCUT2D eigenvalue weighted by Gasteiger charge is 2.28. The average Bonchev–Trinajstić information content (AvgIpc) is 3.06. The monoisotopic (exact) mass is 439 g/mol. The first kappa shape index (κ1) is 24.7. The Morgan fingerprint density at radius 2 is 1.84 bits per heavy atom. The van der Waals surface area contributed by atoms with Crippen molar-refractivity contribution in [1.29, 1.82) is 0 Å². The van der Waals surface area contributed by atoms with Crippen molar-refractivity contribution in [3.8, 4) is 0 Å². The Morgan fingerprint density at radius 1 is 1.10 bits per heavy atom. The molecule has 2 rings (SSSR count). The van der Waals surface area contributed by atoms with E-state index in [9.17, 15) is 14.4 Å². The summed E-state index contributed by atoms with van der Waals surface area (Å²) in [7, 11) is 2.58. The summed E-state index contributed by atoms with van der Waals surface area (Å²) in [5.74, 6) is -0.239. The van der Waals surface area contributed by atoms with Crippen LogP contribution in [-0.4, -0.2) is 86.4 Å². The molecule has 0 aromatic carbocycles. The number of esters is 2. The summed E-state index contributed by atoms with van der Waals surface area (Å²) >= 11 is 0. The van der Waals surface area contributed by atoms with Gasteiger partial charge in [-0.2, -0.15) is 0 Å². The van der Waals surface area contributed by atoms with E-state index in [0.717, 1.165) is 13.0 Å². The van der Waals surface area contributed by atoms with Crippen LogP contribution in [0.4, 0.5) is 4.79 Å². The van der Waals surface area contributed by atoms with Crippen LogP contribution in [0, 0.1) is 0 Å². The summed E-state index contributed by atoms with van der Waals surface area (Å²) in [5, 5.41) is 2.72. The minimum absolute atomic E-state index is 0.0307.